The van der Waals surface area contributed by atoms with Crippen LogP contribution in [-0.4, -0.2) is 29.9 Å². The summed E-state index contributed by atoms with van der Waals surface area (Å²) in [6.45, 7) is 2.70. The van der Waals surface area contributed by atoms with Gasteiger partial charge in [0.15, 0.2) is 0 Å². The van der Waals surface area contributed by atoms with Crippen LogP contribution in [0.5, 0.6) is 0 Å². The number of benzene rings is 5. The van der Waals surface area contributed by atoms with Gasteiger partial charge in [-0.1, -0.05) is 139 Å². The van der Waals surface area contributed by atoms with Gasteiger partial charge >= 0.3 is 6.09 Å². The molecular weight excluding hydrogens is 577 g/mol. The second-order valence-corrected chi connectivity index (χ2v) is 12.4. The molecule has 6 rings (SSSR count). The van der Waals surface area contributed by atoms with Gasteiger partial charge in [-0.3, -0.25) is 4.79 Å². The van der Waals surface area contributed by atoms with E-state index < -0.39 is 18.2 Å². The van der Waals surface area contributed by atoms with Gasteiger partial charge in [0.1, 0.15) is 6.61 Å². The van der Waals surface area contributed by atoms with Gasteiger partial charge in [-0.15, -0.1) is 0 Å². The number of hydrogen-bond acceptors (Lipinski definition) is 5. The maximum Gasteiger partial charge on any atom is 0.407 e. The summed E-state index contributed by atoms with van der Waals surface area (Å²) in [5.41, 5.74) is 7.85. The Hall–Kier alpha value is -4.65. The maximum atomic E-state index is 14.0. The zero-order chi connectivity index (χ0) is 31.0. The largest absolute Gasteiger partial charge is 0.449 e. The molecule has 0 aromatic heterocycles. The summed E-state index contributed by atoms with van der Waals surface area (Å²) in [5.74, 6) is -0.0542. The van der Waals surface area contributed by atoms with Crippen molar-refractivity contribution in [3.63, 3.8) is 0 Å². The minimum atomic E-state index is -0.683. The van der Waals surface area contributed by atoms with Crippen molar-refractivity contribution in [3.05, 3.63) is 161 Å². The molecule has 226 valence electrons. The number of amides is 1. The first-order valence-corrected chi connectivity index (χ1v) is 16.1. The summed E-state index contributed by atoms with van der Waals surface area (Å²) in [4.78, 5) is 28.4. The topological polar surface area (TPSA) is 67.4 Å². The first kappa shape index (κ1) is 30.4. The summed E-state index contributed by atoms with van der Waals surface area (Å²) in [6, 6.07) is 43.1. The number of fused-ring (bicyclic) bond motifs is 3. The summed E-state index contributed by atoms with van der Waals surface area (Å²) >= 11 is 1.19. The van der Waals surface area contributed by atoms with Crippen molar-refractivity contribution in [1.82, 2.24) is 10.6 Å². The number of rotatable bonds is 11. The summed E-state index contributed by atoms with van der Waals surface area (Å²) in [5, 5.41) is 6.49. The zero-order valence-electron chi connectivity index (χ0n) is 25.2. The Morgan fingerprint density at radius 3 is 1.89 bits per heavy atom. The molecule has 0 saturated carbocycles. The maximum absolute atomic E-state index is 14.0. The predicted molar refractivity (Wildman–Crippen MR) is 181 cm³/mol. The van der Waals surface area contributed by atoms with E-state index in [2.05, 4.69) is 34.9 Å². The van der Waals surface area contributed by atoms with Crippen molar-refractivity contribution in [2.45, 2.75) is 42.8 Å². The van der Waals surface area contributed by atoms with Crippen molar-refractivity contribution in [3.8, 4) is 11.1 Å². The molecule has 0 unspecified atom stereocenters. The van der Waals surface area contributed by atoms with Crippen LogP contribution < -0.4 is 10.6 Å². The second-order valence-electron chi connectivity index (χ2n) is 11.3. The molecule has 1 amide bonds. The number of thioether (sulfide) groups is 1. The van der Waals surface area contributed by atoms with E-state index in [4.69, 9.17) is 4.74 Å². The molecule has 5 aromatic carbocycles. The summed E-state index contributed by atoms with van der Waals surface area (Å²) < 4.78 is 5.94. The number of carbonyl (C=O) groups is 2. The van der Waals surface area contributed by atoms with Crippen LogP contribution in [0, 0.1) is 6.92 Å². The van der Waals surface area contributed by atoms with Gasteiger partial charge in [0.25, 0.3) is 0 Å². The molecule has 0 bridgehead atoms. The van der Waals surface area contributed by atoms with Crippen LogP contribution >= 0.6 is 11.8 Å². The van der Waals surface area contributed by atoms with Crippen LogP contribution in [0.25, 0.3) is 11.1 Å². The number of hydrogen-bond donors (Lipinski definition) is 2. The first-order chi connectivity index (χ1) is 22.0. The molecule has 0 fully saturated rings. The summed E-state index contributed by atoms with van der Waals surface area (Å²) in [6.07, 6.45) is -0.0880. The molecule has 2 N–H and O–H groups in total. The zero-order valence-corrected chi connectivity index (χ0v) is 26.0. The Bertz CT molecular complexity index is 1700. The van der Waals surface area contributed by atoms with E-state index in [1.807, 2.05) is 116 Å². The third-order valence-corrected chi connectivity index (χ3v) is 9.17. The van der Waals surface area contributed by atoms with Gasteiger partial charge in [0.05, 0.1) is 12.1 Å². The minimum Gasteiger partial charge on any atom is -0.449 e. The fourth-order valence-corrected chi connectivity index (χ4v) is 6.79. The molecule has 5 aromatic rings. The van der Waals surface area contributed by atoms with Crippen molar-refractivity contribution in [2.24, 2.45) is 0 Å². The average Bonchev–Trinajstić information content (AvgIpc) is 3.39. The van der Waals surface area contributed by atoms with Gasteiger partial charge in [-0.05, 0) is 58.9 Å². The smallest absolute Gasteiger partial charge is 0.407 e. The van der Waals surface area contributed by atoms with Gasteiger partial charge < -0.3 is 15.4 Å². The van der Waals surface area contributed by atoms with E-state index in [9.17, 15) is 9.59 Å². The van der Waals surface area contributed by atoms with E-state index in [0.717, 1.165) is 32.7 Å². The van der Waals surface area contributed by atoms with Crippen molar-refractivity contribution in [1.29, 1.82) is 0 Å². The highest BCUT2D eigenvalue weighted by Crippen LogP contribution is 2.44. The fraction of sp³-hybridized carbons (Fsp3) is 0.179. The molecule has 0 saturated heterocycles. The number of ether oxygens (including phenoxy) is 1. The van der Waals surface area contributed by atoms with Gasteiger partial charge in [-0.25, -0.2) is 4.79 Å². The number of carbonyl (C=O) groups excluding carboxylic acids is 2. The highest BCUT2D eigenvalue weighted by molar-refractivity contribution is 8.13. The highest BCUT2D eigenvalue weighted by atomic mass is 32.2. The summed E-state index contributed by atoms with van der Waals surface area (Å²) in [7, 11) is 0. The standard InChI is InChI=1S/C39H36N2O3S/c1-27-20-22-30(23-21-27)45-38(42)37(40-25-29-14-6-3-7-15-29)36(24-28-12-4-2-5-13-28)41-39(43)44-26-35-33-18-10-8-16-31(33)32-17-9-11-19-34(32)35/h2-23,35-37,40H,24-26H2,1H3,(H,41,43)/t36-,37-/m0/s1. The van der Waals surface area contributed by atoms with E-state index in [0.29, 0.717) is 13.0 Å². The Morgan fingerprint density at radius 1 is 0.711 bits per heavy atom. The SMILES string of the molecule is Cc1ccc(SC(=O)[C@@H](NCc2ccccc2)[C@H](Cc2ccccc2)NC(=O)OCC2c3ccccc3-c3ccccc32)cc1. The third kappa shape index (κ3) is 7.54. The molecule has 6 heteroatoms. The third-order valence-electron chi connectivity index (χ3n) is 8.21. The van der Waals surface area contributed by atoms with Crippen molar-refractivity contribution < 1.29 is 14.3 Å². The lowest BCUT2D eigenvalue weighted by molar-refractivity contribution is -0.113. The Balaban J connectivity index is 1.23. The molecule has 5 nitrogen and oxygen atoms in total. The van der Waals surface area contributed by atoms with Crippen molar-refractivity contribution in [2.75, 3.05) is 6.61 Å². The quantitative estimate of drug-likeness (QED) is 0.148. The van der Waals surface area contributed by atoms with Crippen LogP contribution in [-0.2, 0) is 22.5 Å². The Morgan fingerprint density at radius 2 is 1.27 bits per heavy atom. The lowest BCUT2D eigenvalue weighted by Gasteiger charge is -2.28. The van der Waals surface area contributed by atoms with Crippen LogP contribution in [0.15, 0.2) is 138 Å². The number of alkyl carbamates (subject to hydrolysis) is 1. The molecule has 0 heterocycles. The fourth-order valence-electron chi connectivity index (χ4n) is 5.91. The highest BCUT2D eigenvalue weighted by Gasteiger charge is 2.32. The molecule has 1 aliphatic rings. The van der Waals surface area contributed by atoms with Gasteiger partial charge in [0, 0.05) is 17.4 Å². The van der Waals surface area contributed by atoms with E-state index in [-0.39, 0.29) is 17.6 Å². The molecule has 1 aliphatic carbocycles. The van der Waals surface area contributed by atoms with Crippen LogP contribution in [0.4, 0.5) is 4.79 Å². The van der Waals surface area contributed by atoms with Crippen LogP contribution in [0.2, 0.25) is 0 Å². The van der Waals surface area contributed by atoms with Crippen molar-refractivity contribution >= 4 is 23.0 Å². The average molecular weight is 613 g/mol. The molecule has 2 atom stereocenters. The molecule has 0 spiro atoms. The van der Waals surface area contributed by atoms with Gasteiger partial charge in [0.2, 0.25) is 5.12 Å². The molecule has 0 aliphatic heterocycles. The monoisotopic (exact) mass is 612 g/mol. The van der Waals surface area contributed by atoms with E-state index >= 15 is 0 Å². The first-order valence-electron chi connectivity index (χ1n) is 15.3. The minimum absolute atomic E-state index is 0.0542. The van der Waals surface area contributed by atoms with E-state index in [1.165, 1.54) is 22.9 Å². The normalized spacial score (nSPS) is 13.4. The van der Waals surface area contributed by atoms with Crippen LogP contribution in [0.3, 0.4) is 0 Å². The Kier molecular flexibility index (Phi) is 9.74. The second kappa shape index (κ2) is 14.4. The lowest BCUT2D eigenvalue weighted by atomic mass is 9.98. The number of nitrogens with one attached hydrogen (secondary N) is 2. The number of aryl methyl sites for hydroxylation is 1. The van der Waals surface area contributed by atoms with Crippen LogP contribution in [0.1, 0.15) is 33.7 Å². The lowest BCUT2D eigenvalue weighted by Crippen LogP contribution is -2.54. The Labute approximate surface area is 269 Å². The molecule has 45 heavy (non-hydrogen) atoms. The van der Waals surface area contributed by atoms with Gasteiger partial charge in [-0.2, -0.15) is 0 Å². The molecule has 0 radical (unpaired) electrons. The molecular formula is C39H36N2O3S. The van der Waals surface area contributed by atoms with E-state index in [1.54, 1.807) is 0 Å². The predicted octanol–water partition coefficient (Wildman–Crippen LogP) is 7.92.